The van der Waals surface area contributed by atoms with E-state index in [0.717, 1.165) is 29.4 Å². The largest absolute Gasteiger partial charge is 0.472 e. The van der Waals surface area contributed by atoms with Crippen LogP contribution in [-0.4, -0.2) is 17.0 Å². The van der Waals surface area contributed by atoms with Crippen LogP contribution in [-0.2, 0) is 19.2 Å². The third-order valence-electron chi connectivity index (χ3n) is 4.27. The molecule has 0 aliphatic carbocycles. The van der Waals surface area contributed by atoms with E-state index < -0.39 is 17.6 Å². The minimum atomic E-state index is -4.61. The van der Waals surface area contributed by atoms with Crippen molar-refractivity contribution < 1.29 is 17.9 Å². The van der Waals surface area contributed by atoms with E-state index in [2.05, 4.69) is 9.97 Å². The van der Waals surface area contributed by atoms with Crippen molar-refractivity contribution in [2.24, 2.45) is 0 Å². The molecule has 4 nitrogen and oxygen atoms in total. The second-order valence-corrected chi connectivity index (χ2v) is 6.24. The van der Waals surface area contributed by atoms with E-state index in [0.29, 0.717) is 0 Å². The average molecular weight is 387 g/mol. The minimum absolute atomic E-state index is 0.0184. The third kappa shape index (κ3) is 4.60. The summed E-state index contributed by atoms with van der Waals surface area (Å²) in [6, 6.07) is 16.6. The number of halogens is 3. The molecule has 0 atom stereocenters. The van der Waals surface area contributed by atoms with E-state index in [1.54, 1.807) is 36.2 Å². The first-order valence-electron chi connectivity index (χ1n) is 8.82. The molecule has 3 aromatic rings. The molecule has 0 aliphatic heterocycles. The standard InChI is InChI=1S/C21H20F3N3O/c1-3-15-10-7-11-17(12-15)27(2)20-25-13-18(21(22,23)24)19(26-20)28-14-16-8-5-4-6-9-16/h4-13H,3,14H2,1-2H3. The van der Waals surface area contributed by atoms with Gasteiger partial charge in [0.25, 0.3) is 0 Å². The van der Waals surface area contributed by atoms with Crippen molar-refractivity contribution in [3.63, 3.8) is 0 Å². The number of hydrogen-bond acceptors (Lipinski definition) is 4. The van der Waals surface area contributed by atoms with E-state index in [4.69, 9.17) is 4.74 Å². The van der Waals surface area contributed by atoms with Gasteiger partial charge in [0.05, 0.1) is 0 Å². The molecule has 146 valence electrons. The first kappa shape index (κ1) is 19.7. The summed E-state index contributed by atoms with van der Waals surface area (Å²) in [6.45, 7) is 2.01. The molecule has 0 saturated heterocycles. The maximum Gasteiger partial charge on any atom is 0.423 e. The first-order valence-corrected chi connectivity index (χ1v) is 8.82. The normalized spacial score (nSPS) is 11.3. The average Bonchev–Trinajstić information content (AvgIpc) is 2.71. The number of anilines is 2. The highest BCUT2D eigenvalue weighted by molar-refractivity contribution is 5.58. The highest BCUT2D eigenvalue weighted by atomic mass is 19.4. The van der Waals surface area contributed by atoms with Gasteiger partial charge in [-0.05, 0) is 29.7 Å². The lowest BCUT2D eigenvalue weighted by atomic mass is 10.1. The lowest BCUT2D eigenvalue weighted by Gasteiger charge is -2.20. The molecular formula is C21H20F3N3O. The van der Waals surface area contributed by atoms with E-state index in [1.165, 1.54) is 0 Å². The molecule has 2 aromatic carbocycles. The van der Waals surface area contributed by atoms with Gasteiger partial charge in [-0.25, -0.2) is 4.98 Å². The molecule has 1 heterocycles. The minimum Gasteiger partial charge on any atom is -0.472 e. The van der Waals surface area contributed by atoms with Crippen molar-refractivity contribution in [3.05, 3.63) is 77.5 Å². The van der Waals surface area contributed by atoms with Crippen LogP contribution in [0.2, 0.25) is 0 Å². The Kier molecular flexibility index (Phi) is 5.82. The van der Waals surface area contributed by atoms with Crippen molar-refractivity contribution >= 4 is 11.6 Å². The van der Waals surface area contributed by atoms with Crippen LogP contribution >= 0.6 is 0 Å². The summed E-state index contributed by atoms with van der Waals surface area (Å²) in [5.41, 5.74) is 1.65. The van der Waals surface area contributed by atoms with Gasteiger partial charge in [-0.3, -0.25) is 0 Å². The zero-order chi connectivity index (χ0) is 20.1. The number of benzene rings is 2. The van der Waals surface area contributed by atoms with Crippen LogP contribution in [0.1, 0.15) is 23.6 Å². The van der Waals surface area contributed by atoms with Gasteiger partial charge in [0.1, 0.15) is 12.2 Å². The summed E-state index contributed by atoms with van der Waals surface area (Å²) in [5.74, 6) is -0.357. The molecule has 0 radical (unpaired) electrons. The van der Waals surface area contributed by atoms with Crippen LogP contribution in [0.15, 0.2) is 60.8 Å². The molecule has 0 unspecified atom stereocenters. The van der Waals surface area contributed by atoms with Crippen LogP contribution in [0.3, 0.4) is 0 Å². The lowest BCUT2D eigenvalue weighted by Crippen LogP contribution is -2.17. The molecule has 3 rings (SSSR count). The quantitative estimate of drug-likeness (QED) is 0.567. The third-order valence-corrected chi connectivity index (χ3v) is 4.27. The molecule has 1 aromatic heterocycles. The summed E-state index contributed by atoms with van der Waals surface area (Å²) >= 11 is 0. The van der Waals surface area contributed by atoms with Crippen molar-refractivity contribution in [1.82, 2.24) is 9.97 Å². The first-order chi connectivity index (χ1) is 13.4. The number of alkyl halides is 3. The molecule has 0 spiro atoms. The Hall–Kier alpha value is -3.09. The summed E-state index contributed by atoms with van der Waals surface area (Å²) < 4.78 is 45.5. The molecule has 0 amide bonds. The molecule has 7 heteroatoms. The summed E-state index contributed by atoms with van der Waals surface area (Å²) in [4.78, 5) is 9.60. The summed E-state index contributed by atoms with van der Waals surface area (Å²) in [5, 5.41) is 0. The van der Waals surface area contributed by atoms with Gasteiger partial charge in [-0.2, -0.15) is 18.2 Å². The number of nitrogens with zero attached hydrogens (tertiary/aromatic N) is 3. The number of hydrogen-bond donors (Lipinski definition) is 0. The summed E-state index contributed by atoms with van der Waals surface area (Å²) in [7, 11) is 1.71. The molecule has 28 heavy (non-hydrogen) atoms. The molecule has 0 fully saturated rings. The van der Waals surface area contributed by atoms with Gasteiger partial charge in [0, 0.05) is 18.9 Å². The number of rotatable bonds is 6. The SMILES string of the molecule is CCc1cccc(N(C)c2ncc(C(F)(F)F)c(OCc3ccccc3)n2)c1. The lowest BCUT2D eigenvalue weighted by molar-refractivity contribution is -0.139. The Morgan fingerprint density at radius 3 is 2.39 bits per heavy atom. The van der Waals surface area contributed by atoms with Crippen molar-refractivity contribution in [3.8, 4) is 5.88 Å². The highest BCUT2D eigenvalue weighted by Crippen LogP contribution is 2.36. The zero-order valence-electron chi connectivity index (χ0n) is 15.6. The van der Waals surface area contributed by atoms with Gasteiger partial charge in [-0.15, -0.1) is 0 Å². The van der Waals surface area contributed by atoms with Crippen LogP contribution in [0.4, 0.5) is 24.8 Å². The van der Waals surface area contributed by atoms with E-state index in [1.807, 2.05) is 37.3 Å². The number of aromatic nitrogens is 2. The molecule has 0 N–H and O–H groups in total. The number of ether oxygens (including phenoxy) is 1. The Morgan fingerprint density at radius 2 is 1.71 bits per heavy atom. The van der Waals surface area contributed by atoms with Gasteiger partial charge < -0.3 is 9.64 Å². The van der Waals surface area contributed by atoms with Crippen molar-refractivity contribution in [1.29, 1.82) is 0 Å². The molecular weight excluding hydrogens is 367 g/mol. The van der Waals surface area contributed by atoms with Crippen LogP contribution in [0.5, 0.6) is 5.88 Å². The van der Waals surface area contributed by atoms with Gasteiger partial charge >= 0.3 is 6.18 Å². The van der Waals surface area contributed by atoms with Gasteiger partial charge in [-0.1, -0.05) is 49.4 Å². The van der Waals surface area contributed by atoms with E-state index in [-0.39, 0.29) is 12.6 Å². The number of aryl methyl sites for hydroxylation is 1. The molecule has 0 saturated carbocycles. The predicted molar refractivity (Wildman–Crippen MR) is 102 cm³/mol. The second-order valence-electron chi connectivity index (χ2n) is 6.24. The topological polar surface area (TPSA) is 38.2 Å². The van der Waals surface area contributed by atoms with Crippen LogP contribution in [0.25, 0.3) is 0 Å². The Labute approximate surface area is 161 Å². The fraction of sp³-hybridized carbons (Fsp3) is 0.238. The van der Waals surface area contributed by atoms with E-state index in [9.17, 15) is 13.2 Å². The maximum atomic E-state index is 13.4. The Balaban J connectivity index is 1.92. The van der Waals surface area contributed by atoms with E-state index >= 15 is 0 Å². The summed E-state index contributed by atoms with van der Waals surface area (Å²) in [6.07, 6.45) is -2.99. The highest BCUT2D eigenvalue weighted by Gasteiger charge is 2.36. The van der Waals surface area contributed by atoms with Crippen molar-refractivity contribution in [2.45, 2.75) is 26.1 Å². The van der Waals surface area contributed by atoms with Gasteiger partial charge in [0.2, 0.25) is 11.8 Å². The van der Waals surface area contributed by atoms with Crippen molar-refractivity contribution in [2.75, 3.05) is 11.9 Å². The van der Waals surface area contributed by atoms with Gasteiger partial charge in [0.15, 0.2) is 0 Å². The Bertz CT molecular complexity index is 930. The predicted octanol–water partition coefficient (Wildman–Crippen LogP) is 5.40. The fourth-order valence-corrected chi connectivity index (χ4v) is 2.65. The maximum absolute atomic E-state index is 13.4. The smallest absolute Gasteiger partial charge is 0.423 e. The van der Waals surface area contributed by atoms with Crippen LogP contribution < -0.4 is 9.64 Å². The van der Waals surface area contributed by atoms with Crippen LogP contribution in [0, 0.1) is 0 Å². The monoisotopic (exact) mass is 387 g/mol. The molecule has 0 aliphatic rings. The molecule has 0 bridgehead atoms. The second kappa shape index (κ2) is 8.29. The fourth-order valence-electron chi connectivity index (χ4n) is 2.65. The Morgan fingerprint density at radius 1 is 1.00 bits per heavy atom. The zero-order valence-corrected chi connectivity index (χ0v) is 15.6.